The molecule has 4 atom stereocenters. The van der Waals surface area contributed by atoms with Crippen LogP contribution in [0.1, 0.15) is 81.5 Å². The zero-order valence-corrected chi connectivity index (χ0v) is 23.2. The summed E-state index contributed by atoms with van der Waals surface area (Å²) >= 11 is 0. The molecular weight excluding hydrogens is 552 g/mol. The zero-order chi connectivity index (χ0) is 26.2. The number of hydrogen-bond donors (Lipinski definition) is 1. The molecule has 4 aromatic carbocycles. The Hall–Kier alpha value is -4.18. The molecule has 5 aliphatic rings. The van der Waals surface area contributed by atoms with Crippen LogP contribution in [-0.4, -0.2) is 11.4 Å². The second-order valence-corrected chi connectivity index (χ2v) is 11.3. The van der Waals surface area contributed by atoms with Crippen LogP contribution in [0.5, 0.6) is 0 Å². The summed E-state index contributed by atoms with van der Waals surface area (Å²) in [5.41, 5.74) is 14.4. The fourth-order valence-corrected chi connectivity index (χ4v) is 7.26. The minimum atomic E-state index is 0. The van der Waals surface area contributed by atoms with Crippen LogP contribution in [0.4, 0.5) is 0 Å². The molecule has 0 radical (unpaired) electrons. The third kappa shape index (κ3) is 3.80. The molecule has 0 aromatic heterocycles. The number of hydrogen-bond acceptors (Lipinski definition) is 3. The summed E-state index contributed by atoms with van der Waals surface area (Å²) in [6.45, 7) is 0. The maximum Gasteiger partial charge on any atom is 1.00 e. The van der Waals surface area contributed by atoms with Gasteiger partial charge < -0.3 is 10.6 Å². The van der Waals surface area contributed by atoms with Gasteiger partial charge in [-0.25, -0.2) is 0 Å². The number of benzene rings is 4. The molecule has 0 saturated heterocycles. The average molecular weight is 579 g/mol. The standard InChI is InChI=1S/C36H27N4.Cu/c1-2-10-22-21(9-1)29-17-31-23-11-3-4-12-24(23)33(38-31)19-35-27-15-7-8-16-28(27)36(40-35)20-34-26-14-6-5-13-25(26)32(39-34)18-30(22)37-29;/h1-17,20,30,32-33,35,37H,18-19H2;/q-1;+1/b29-17-,34-20-;. The van der Waals surface area contributed by atoms with E-state index in [0.29, 0.717) is 0 Å². The number of rotatable bonds is 0. The minimum Gasteiger partial charge on any atom is -0.677 e. The van der Waals surface area contributed by atoms with E-state index in [0.717, 1.165) is 35.7 Å². The molecule has 202 valence electrons. The Kier molecular flexibility index (Phi) is 5.67. The van der Waals surface area contributed by atoms with Crippen molar-refractivity contribution in [1.29, 1.82) is 0 Å². The number of nitrogens with zero attached hydrogens (tertiary/aromatic N) is 3. The van der Waals surface area contributed by atoms with E-state index in [1.54, 1.807) is 0 Å². The molecule has 0 spiro atoms. The molecule has 8 bridgehead atoms. The van der Waals surface area contributed by atoms with Crippen LogP contribution in [0.15, 0.2) is 119 Å². The second-order valence-electron chi connectivity index (χ2n) is 11.3. The normalized spacial score (nSPS) is 26.7. The summed E-state index contributed by atoms with van der Waals surface area (Å²) in [6.07, 6.45) is 6.23. The third-order valence-corrected chi connectivity index (χ3v) is 9.09. The van der Waals surface area contributed by atoms with Gasteiger partial charge in [0.15, 0.2) is 0 Å². The average Bonchev–Trinajstić information content (AvgIpc) is 3.73. The van der Waals surface area contributed by atoms with Crippen LogP contribution in [0.3, 0.4) is 0 Å². The molecule has 0 fully saturated rings. The summed E-state index contributed by atoms with van der Waals surface area (Å²) < 4.78 is 0. The van der Waals surface area contributed by atoms with E-state index in [9.17, 15) is 0 Å². The molecule has 9 rings (SSSR count). The summed E-state index contributed by atoms with van der Waals surface area (Å²) in [4.78, 5) is 10.7. The summed E-state index contributed by atoms with van der Waals surface area (Å²) in [5, 5.41) is 9.22. The number of fused-ring (bicyclic) bond motifs is 18. The van der Waals surface area contributed by atoms with E-state index in [1.807, 2.05) is 0 Å². The quantitative estimate of drug-likeness (QED) is 0.211. The Bertz CT molecular complexity index is 1710. The van der Waals surface area contributed by atoms with Crippen molar-refractivity contribution in [2.75, 3.05) is 0 Å². The van der Waals surface area contributed by atoms with Gasteiger partial charge in [-0.05, 0) is 34.8 Å². The zero-order valence-electron chi connectivity index (χ0n) is 22.3. The van der Waals surface area contributed by atoms with Crippen LogP contribution in [0, 0.1) is 0 Å². The molecule has 4 aromatic rings. The van der Waals surface area contributed by atoms with Gasteiger partial charge in [0.2, 0.25) is 0 Å². The maximum atomic E-state index is 5.34. The molecule has 0 amide bonds. The minimum absolute atomic E-state index is 0. The number of nitrogens with one attached hydrogen (secondary N) is 1. The largest absolute Gasteiger partial charge is 1.00 e. The van der Waals surface area contributed by atoms with Gasteiger partial charge in [-0.1, -0.05) is 115 Å². The van der Waals surface area contributed by atoms with Crippen molar-refractivity contribution in [1.82, 2.24) is 5.32 Å². The van der Waals surface area contributed by atoms with E-state index in [4.69, 9.17) is 15.3 Å². The first-order valence-corrected chi connectivity index (χ1v) is 14.2. The van der Waals surface area contributed by atoms with Crippen molar-refractivity contribution in [3.05, 3.63) is 159 Å². The molecule has 5 aliphatic heterocycles. The van der Waals surface area contributed by atoms with Crippen molar-refractivity contribution in [2.24, 2.45) is 9.98 Å². The molecular formula is C36H27CuN4. The first-order chi connectivity index (χ1) is 19.8. The smallest absolute Gasteiger partial charge is 0.677 e. The Labute approximate surface area is 250 Å². The van der Waals surface area contributed by atoms with Crippen molar-refractivity contribution >= 4 is 22.8 Å². The van der Waals surface area contributed by atoms with Crippen LogP contribution in [0.2, 0.25) is 0 Å². The topological polar surface area (TPSA) is 50.9 Å². The molecule has 4 unspecified atom stereocenters. The summed E-state index contributed by atoms with van der Waals surface area (Å²) in [6, 6.07) is 35.3. The van der Waals surface area contributed by atoms with E-state index < -0.39 is 0 Å². The van der Waals surface area contributed by atoms with Gasteiger partial charge in [-0.3, -0.25) is 9.98 Å². The third-order valence-electron chi connectivity index (χ3n) is 9.09. The predicted molar refractivity (Wildman–Crippen MR) is 161 cm³/mol. The summed E-state index contributed by atoms with van der Waals surface area (Å²) in [5.74, 6) is 0. The number of aliphatic imine (C=N–C) groups is 2. The van der Waals surface area contributed by atoms with Crippen LogP contribution < -0.4 is 5.32 Å². The molecule has 4 nitrogen and oxygen atoms in total. The van der Waals surface area contributed by atoms with Gasteiger partial charge in [0, 0.05) is 28.8 Å². The van der Waals surface area contributed by atoms with E-state index in [1.165, 1.54) is 44.5 Å². The molecule has 0 aliphatic carbocycles. The van der Waals surface area contributed by atoms with Gasteiger partial charge in [0.25, 0.3) is 0 Å². The van der Waals surface area contributed by atoms with Crippen molar-refractivity contribution in [3.63, 3.8) is 0 Å². The monoisotopic (exact) mass is 578 g/mol. The Morgan fingerprint density at radius 1 is 0.561 bits per heavy atom. The van der Waals surface area contributed by atoms with E-state index >= 15 is 0 Å². The van der Waals surface area contributed by atoms with Crippen LogP contribution in [-0.2, 0) is 17.1 Å². The van der Waals surface area contributed by atoms with Crippen molar-refractivity contribution in [2.45, 2.75) is 37.0 Å². The van der Waals surface area contributed by atoms with Crippen molar-refractivity contribution in [3.8, 4) is 0 Å². The van der Waals surface area contributed by atoms with Gasteiger partial charge in [-0.15, -0.1) is 5.70 Å². The maximum absolute atomic E-state index is 5.34. The van der Waals surface area contributed by atoms with E-state index in [-0.39, 0.29) is 41.2 Å². The first-order valence-electron chi connectivity index (χ1n) is 14.2. The number of allylic oxidation sites excluding steroid dienone is 2. The fourth-order valence-electron chi connectivity index (χ4n) is 7.26. The second kappa shape index (κ2) is 9.44. The molecule has 5 heterocycles. The van der Waals surface area contributed by atoms with Crippen LogP contribution >= 0.6 is 0 Å². The van der Waals surface area contributed by atoms with Gasteiger partial charge >= 0.3 is 17.1 Å². The van der Waals surface area contributed by atoms with Crippen LogP contribution in [0.25, 0.3) is 16.7 Å². The predicted octanol–water partition coefficient (Wildman–Crippen LogP) is 8.02. The first kappa shape index (κ1) is 24.6. The fraction of sp³-hybridized carbons (Fsp3) is 0.167. The van der Waals surface area contributed by atoms with Crippen molar-refractivity contribution < 1.29 is 17.1 Å². The molecule has 1 N–H and O–H groups in total. The Morgan fingerprint density at radius 2 is 1.10 bits per heavy atom. The van der Waals surface area contributed by atoms with Gasteiger partial charge in [0.05, 0.1) is 29.5 Å². The molecule has 0 saturated carbocycles. The Balaban J connectivity index is 0.00000256. The SMILES string of the molecule is C1=C2\[N-]C(CC3N/C(=C\C4=NC(CC5N=C/1c1ccccc15)c1ccccc14)c1ccccc13)c1ccccc12.[Cu+]. The Morgan fingerprint density at radius 3 is 1.78 bits per heavy atom. The molecule has 41 heavy (non-hydrogen) atoms. The molecule has 5 heteroatoms. The van der Waals surface area contributed by atoms with E-state index in [2.05, 4.69) is 115 Å². The van der Waals surface area contributed by atoms with Gasteiger partial charge in [-0.2, -0.15) is 0 Å². The van der Waals surface area contributed by atoms with Gasteiger partial charge in [0.1, 0.15) is 0 Å². The summed E-state index contributed by atoms with van der Waals surface area (Å²) in [7, 11) is 0.